The molecule has 0 saturated heterocycles. The van der Waals surface area contributed by atoms with Crippen LogP contribution < -0.4 is 14.3 Å². The van der Waals surface area contributed by atoms with Gasteiger partial charge in [-0.05, 0) is 23.8 Å². The Morgan fingerprint density at radius 3 is 2.35 bits per heavy atom. The van der Waals surface area contributed by atoms with Gasteiger partial charge in [0.25, 0.3) is 0 Å². The van der Waals surface area contributed by atoms with Crippen molar-refractivity contribution in [3.05, 3.63) is 47.0 Å². The number of hydrogen-bond acceptors (Lipinski definition) is 9. The maximum Gasteiger partial charge on any atom is 0.242 e. The van der Waals surface area contributed by atoms with Crippen LogP contribution in [0.4, 0.5) is 0 Å². The van der Waals surface area contributed by atoms with E-state index in [0.717, 1.165) is 21.2 Å². The van der Waals surface area contributed by atoms with Gasteiger partial charge in [0.15, 0.2) is 11.5 Å². The normalized spacial score (nSPS) is 11.5. The van der Waals surface area contributed by atoms with Crippen molar-refractivity contribution < 1.29 is 17.9 Å². The standard InChI is InChI=1S/C19H22N6O4S2/c1-24(2)31(26,27)16-11-15(29-4)14(28-3)9-13(16)10-17(20)25-19(21)30-18(23-25)12-5-7-22-8-6-12/h5-9,11,20-21H,10H2,1-4H3. The second kappa shape index (κ2) is 8.96. The molecule has 0 radical (unpaired) electrons. The second-order valence-electron chi connectivity index (χ2n) is 6.59. The van der Waals surface area contributed by atoms with Crippen LogP contribution in [0.1, 0.15) is 5.56 Å². The summed E-state index contributed by atoms with van der Waals surface area (Å²) in [5.41, 5.74) is 1.11. The fourth-order valence-corrected chi connectivity index (χ4v) is 4.73. The lowest BCUT2D eigenvalue weighted by Crippen LogP contribution is -2.27. The van der Waals surface area contributed by atoms with Crippen LogP contribution in [-0.2, 0) is 16.4 Å². The van der Waals surface area contributed by atoms with E-state index >= 15 is 0 Å². The Kier molecular flexibility index (Phi) is 6.53. The van der Waals surface area contributed by atoms with Crippen LogP contribution in [-0.4, -0.2) is 61.6 Å². The fourth-order valence-electron chi connectivity index (χ4n) is 2.82. The van der Waals surface area contributed by atoms with Gasteiger partial charge in [0.1, 0.15) is 10.8 Å². The van der Waals surface area contributed by atoms with Gasteiger partial charge >= 0.3 is 0 Å². The van der Waals surface area contributed by atoms with E-state index < -0.39 is 10.0 Å². The molecule has 0 spiro atoms. The molecule has 2 N–H and O–H groups in total. The molecule has 0 saturated carbocycles. The van der Waals surface area contributed by atoms with Gasteiger partial charge in [-0.15, -0.1) is 0 Å². The molecule has 0 bridgehead atoms. The Balaban J connectivity index is 2.05. The van der Waals surface area contributed by atoms with Crippen LogP contribution >= 0.6 is 11.3 Å². The van der Waals surface area contributed by atoms with E-state index in [0.29, 0.717) is 16.3 Å². The fraction of sp³-hybridized carbons (Fsp3) is 0.263. The first kappa shape index (κ1) is 22.6. The number of ether oxygens (including phenoxy) is 2. The van der Waals surface area contributed by atoms with E-state index in [4.69, 9.17) is 20.3 Å². The van der Waals surface area contributed by atoms with E-state index in [9.17, 15) is 8.42 Å². The van der Waals surface area contributed by atoms with E-state index in [2.05, 4.69) is 10.1 Å². The number of methoxy groups -OCH3 is 2. The number of nitrogens with one attached hydrogen (secondary N) is 2. The number of nitrogens with zero attached hydrogens (tertiary/aromatic N) is 4. The lowest BCUT2D eigenvalue weighted by atomic mass is 10.1. The molecule has 10 nitrogen and oxygen atoms in total. The molecule has 0 aliphatic heterocycles. The first-order valence-corrected chi connectivity index (χ1v) is 11.2. The minimum absolute atomic E-state index is 0.00313. The average Bonchev–Trinajstić information content (AvgIpc) is 3.15. The second-order valence-corrected chi connectivity index (χ2v) is 9.68. The highest BCUT2D eigenvalue weighted by Crippen LogP contribution is 2.34. The zero-order valence-electron chi connectivity index (χ0n) is 17.4. The van der Waals surface area contributed by atoms with Gasteiger partial charge in [-0.3, -0.25) is 15.8 Å². The summed E-state index contributed by atoms with van der Waals surface area (Å²) >= 11 is 1.11. The number of aromatic nitrogens is 3. The van der Waals surface area contributed by atoms with Crippen LogP contribution in [0.25, 0.3) is 10.6 Å². The van der Waals surface area contributed by atoms with Gasteiger partial charge in [-0.2, -0.15) is 9.78 Å². The van der Waals surface area contributed by atoms with Gasteiger partial charge in [0.05, 0.1) is 19.1 Å². The summed E-state index contributed by atoms with van der Waals surface area (Å²) in [5.74, 6) is 0.555. The SMILES string of the molecule is COc1cc(CC(=N)n2nc(-c3ccncc3)sc2=N)c(S(=O)(=O)N(C)C)cc1OC. The molecule has 0 unspecified atom stereocenters. The smallest absolute Gasteiger partial charge is 0.242 e. The third-order valence-electron chi connectivity index (χ3n) is 4.44. The molecule has 0 aliphatic rings. The van der Waals surface area contributed by atoms with Crippen molar-refractivity contribution >= 4 is 27.2 Å². The summed E-state index contributed by atoms with van der Waals surface area (Å²) in [6.45, 7) is 0. The zero-order valence-corrected chi connectivity index (χ0v) is 19.0. The molecular weight excluding hydrogens is 440 g/mol. The van der Waals surface area contributed by atoms with Gasteiger partial charge in [-0.25, -0.2) is 12.7 Å². The summed E-state index contributed by atoms with van der Waals surface area (Å²) in [4.78, 5) is 4.01. The number of pyridine rings is 1. The third-order valence-corrected chi connectivity index (χ3v) is 7.22. The van der Waals surface area contributed by atoms with Crippen molar-refractivity contribution in [2.24, 2.45) is 0 Å². The molecule has 164 valence electrons. The Hall–Kier alpha value is -3.09. The van der Waals surface area contributed by atoms with Crippen LogP contribution in [0.15, 0.2) is 41.6 Å². The predicted octanol–water partition coefficient (Wildman–Crippen LogP) is 1.82. The van der Waals surface area contributed by atoms with E-state index in [1.165, 1.54) is 45.1 Å². The number of benzene rings is 1. The molecule has 1 aromatic carbocycles. The Labute approximate surface area is 183 Å². The average molecular weight is 463 g/mol. The number of sulfonamides is 1. The summed E-state index contributed by atoms with van der Waals surface area (Å²) in [6, 6.07) is 6.45. The first-order chi connectivity index (χ1) is 14.7. The van der Waals surface area contributed by atoms with Gasteiger partial charge in [0, 0.05) is 44.5 Å². The van der Waals surface area contributed by atoms with Crippen molar-refractivity contribution in [3.63, 3.8) is 0 Å². The first-order valence-electron chi connectivity index (χ1n) is 8.99. The molecule has 12 heteroatoms. The van der Waals surface area contributed by atoms with Crippen molar-refractivity contribution in [1.82, 2.24) is 19.1 Å². The number of hydrogen-bond donors (Lipinski definition) is 2. The van der Waals surface area contributed by atoms with Crippen LogP contribution in [0, 0.1) is 10.8 Å². The van der Waals surface area contributed by atoms with E-state index in [1.807, 2.05) is 0 Å². The van der Waals surface area contributed by atoms with Gasteiger partial charge in [-0.1, -0.05) is 11.3 Å². The predicted molar refractivity (Wildman–Crippen MR) is 116 cm³/mol. The topological polar surface area (TPSA) is 134 Å². The molecular formula is C19H22N6O4S2. The molecule has 0 fully saturated rings. The summed E-state index contributed by atoms with van der Waals surface area (Å²) in [7, 11) is 1.91. The lowest BCUT2D eigenvalue weighted by molar-refractivity contribution is 0.353. The molecule has 0 atom stereocenters. The monoisotopic (exact) mass is 462 g/mol. The zero-order chi connectivity index (χ0) is 22.8. The molecule has 31 heavy (non-hydrogen) atoms. The molecule has 0 amide bonds. The van der Waals surface area contributed by atoms with Crippen molar-refractivity contribution in [2.45, 2.75) is 11.3 Å². The summed E-state index contributed by atoms with van der Waals surface area (Å²) < 4.78 is 38.6. The molecule has 3 rings (SSSR count). The van der Waals surface area contributed by atoms with Crippen LogP contribution in [0.5, 0.6) is 11.5 Å². The maximum atomic E-state index is 12.9. The minimum Gasteiger partial charge on any atom is -0.493 e. The highest BCUT2D eigenvalue weighted by atomic mass is 32.2. The Morgan fingerprint density at radius 1 is 1.16 bits per heavy atom. The van der Waals surface area contributed by atoms with E-state index in [1.54, 1.807) is 24.5 Å². The van der Waals surface area contributed by atoms with Crippen LogP contribution in [0.2, 0.25) is 0 Å². The summed E-state index contributed by atoms with van der Waals surface area (Å²) in [5, 5.41) is 21.6. The van der Waals surface area contributed by atoms with Crippen molar-refractivity contribution in [2.75, 3.05) is 28.3 Å². The highest BCUT2D eigenvalue weighted by Gasteiger charge is 2.25. The quantitative estimate of drug-likeness (QED) is 0.406. The Morgan fingerprint density at radius 2 is 1.77 bits per heavy atom. The highest BCUT2D eigenvalue weighted by molar-refractivity contribution is 7.89. The third kappa shape index (κ3) is 4.50. The molecule has 2 heterocycles. The maximum absolute atomic E-state index is 12.9. The largest absolute Gasteiger partial charge is 0.493 e. The lowest BCUT2D eigenvalue weighted by Gasteiger charge is -2.18. The van der Waals surface area contributed by atoms with Crippen LogP contribution in [0.3, 0.4) is 0 Å². The molecule has 2 aromatic heterocycles. The molecule has 0 aliphatic carbocycles. The van der Waals surface area contributed by atoms with Crippen molar-refractivity contribution in [1.29, 1.82) is 10.8 Å². The van der Waals surface area contributed by atoms with Gasteiger partial charge < -0.3 is 9.47 Å². The Bertz CT molecular complexity index is 1270. The number of rotatable bonds is 7. The van der Waals surface area contributed by atoms with Gasteiger partial charge in [0.2, 0.25) is 14.8 Å². The minimum atomic E-state index is -3.82. The van der Waals surface area contributed by atoms with E-state index in [-0.39, 0.29) is 27.7 Å². The van der Waals surface area contributed by atoms with Crippen molar-refractivity contribution in [3.8, 4) is 22.1 Å². The molecule has 3 aromatic rings. The summed E-state index contributed by atoms with van der Waals surface area (Å²) in [6.07, 6.45) is 3.16.